The van der Waals surface area contributed by atoms with Gasteiger partial charge in [0, 0.05) is 59.5 Å². The zero-order valence-electron chi connectivity index (χ0n) is 22.6. The van der Waals surface area contributed by atoms with Crippen molar-refractivity contribution in [3.05, 3.63) is 105 Å². The summed E-state index contributed by atoms with van der Waals surface area (Å²) in [6.07, 6.45) is 1.39. The van der Waals surface area contributed by atoms with Crippen LogP contribution in [0.3, 0.4) is 0 Å². The van der Waals surface area contributed by atoms with Crippen molar-refractivity contribution in [3.8, 4) is 0 Å². The monoisotopic (exact) mass is 580 g/mol. The number of hydrogen-bond donors (Lipinski definition) is 1. The number of aromatic nitrogens is 3. The molecular formula is C31H25ClN6O4. The summed E-state index contributed by atoms with van der Waals surface area (Å²) in [5, 5.41) is 12.6. The minimum atomic E-state index is -0.479. The lowest BCUT2D eigenvalue weighted by molar-refractivity contribution is -0.384. The number of H-pyrrole nitrogens is 1. The quantitative estimate of drug-likeness (QED) is 0.212. The van der Waals surface area contributed by atoms with E-state index in [9.17, 15) is 19.7 Å². The van der Waals surface area contributed by atoms with Gasteiger partial charge in [0.05, 0.1) is 26.5 Å². The van der Waals surface area contributed by atoms with Gasteiger partial charge in [-0.15, -0.1) is 0 Å². The van der Waals surface area contributed by atoms with Gasteiger partial charge in [0.15, 0.2) is 5.82 Å². The molecule has 4 heterocycles. The third kappa shape index (κ3) is 4.18. The van der Waals surface area contributed by atoms with Crippen LogP contribution in [0.2, 0.25) is 5.02 Å². The van der Waals surface area contributed by atoms with E-state index in [0.29, 0.717) is 59.6 Å². The van der Waals surface area contributed by atoms with Gasteiger partial charge in [-0.25, -0.2) is 4.98 Å². The van der Waals surface area contributed by atoms with Gasteiger partial charge in [-0.2, -0.15) is 0 Å². The minimum absolute atomic E-state index is 0.0539. The molecule has 210 valence electrons. The van der Waals surface area contributed by atoms with Gasteiger partial charge in [-0.3, -0.25) is 24.7 Å². The van der Waals surface area contributed by atoms with Crippen molar-refractivity contribution >= 4 is 56.7 Å². The normalized spacial score (nSPS) is 15.9. The maximum atomic E-state index is 13.8. The van der Waals surface area contributed by atoms with E-state index >= 15 is 0 Å². The molecule has 0 aliphatic carbocycles. The number of aromatic amines is 1. The molecule has 0 bridgehead atoms. The number of imidazole rings is 1. The van der Waals surface area contributed by atoms with Crippen LogP contribution < -0.4 is 4.90 Å². The Balaban J connectivity index is 1.13. The molecule has 2 aromatic heterocycles. The number of hydrogen-bond acceptors (Lipinski definition) is 6. The molecule has 0 atom stereocenters. The summed E-state index contributed by atoms with van der Waals surface area (Å²) in [5.41, 5.74) is 4.50. The van der Waals surface area contributed by atoms with Crippen molar-refractivity contribution in [2.45, 2.75) is 25.2 Å². The molecule has 7 rings (SSSR count). The number of rotatable bonds is 3. The molecule has 2 aliphatic heterocycles. The number of piperidine rings is 1. The van der Waals surface area contributed by atoms with E-state index in [1.54, 1.807) is 17.0 Å². The molecule has 1 saturated heterocycles. The summed E-state index contributed by atoms with van der Waals surface area (Å²) < 4.78 is 0. The number of nitrogens with zero attached hydrogens (tertiary/aromatic N) is 5. The topological polar surface area (TPSA) is 125 Å². The minimum Gasteiger partial charge on any atom is -0.339 e. The van der Waals surface area contributed by atoms with Crippen molar-refractivity contribution in [1.82, 2.24) is 19.9 Å². The lowest BCUT2D eigenvalue weighted by Crippen LogP contribution is -2.48. The highest BCUT2D eigenvalue weighted by molar-refractivity contribution is 6.35. The van der Waals surface area contributed by atoms with Gasteiger partial charge in [0.2, 0.25) is 0 Å². The fourth-order valence-corrected chi connectivity index (χ4v) is 6.66. The van der Waals surface area contributed by atoms with Crippen LogP contribution in [-0.2, 0) is 5.41 Å². The molecule has 1 N–H and O–H groups in total. The molecule has 0 unspecified atom stereocenters. The second-order valence-electron chi connectivity index (χ2n) is 11.0. The number of fused-ring (bicyclic) bond motifs is 4. The summed E-state index contributed by atoms with van der Waals surface area (Å²) in [6, 6.07) is 19.4. The summed E-state index contributed by atoms with van der Waals surface area (Å²) in [7, 11) is 0. The van der Waals surface area contributed by atoms with Gasteiger partial charge in [-0.05, 0) is 55.7 Å². The Morgan fingerprint density at radius 1 is 0.976 bits per heavy atom. The van der Waals surface area contributed by atoms with Crippen molar-refractivity contribution in [1.29, 1.82) is 0 Å². The number of anilines is 1. The van der Waals surface area contributed by atoms with E-state index in [1.807, 2.05) is 42.2 Å². The number of amides is 2. The number of pyridine rings is 1. The standard InChI is InChI=1S/C31H25ClN6O4/c1-18-14-23(32)21-8-6-19(15-25(21)33-18)29(39)36-12-10-31(11-13-36)17-37(27-5-3-2-4-22(27)31)30(40)28-34-24-9-7-20(38(41)42)16-26(24)35-28/h2-9,14-16H,10-13,17H2,1H3,(H,34,35). The fourth-order valence-electron chi connectivity index (χ4n) is 6.34. The molecule has 1 spiro atoms. The van der Waals surface area contributed by atoms with Crippen LogP contribution in [0, 0.1) is 17.0 Å². The molecule has 10 nitrogen and oxygen atoms in total. The maximum absolute atomic E-state index is 13.8. The van der Waals surface area contributed by atoms with Crippen LogP contribution in [-0.4, -0.2) is 56.2 Å². The fraction of sp³-hybridized carbons (Fsp3) is 0.226. The first-order valence-electron chi connectivity index (χ1n) is 13.6. The SMILES string of the molecule is Cc1cc(Cl)c2ccc(C(=O)N3CCC4(CC3)CN(C(=O)c3nc5ccc([N+](=O)[O-])cc5[nH]3)c3ccccc34)cc2n1. The number of likely N-dealkylation sites (tertiary alicyclic amines) is 1. The highest BCUT2D eigenvalue weighted by Crippen LogP contribution is 2.47. The molecule has 2 amide bonds. The van der Waals surface area contributed by atoms with Crippen LogP contribution >= 0.6 is 11.6 Å². The van der Waals surface area contributed by atoms with Gasteiger partial charge in [-0.1, -0.05) is 35.9 Å². The number of para-hydroxylation sites is 1. The molecule has 42 heavy (non-hydrogen) atoms. The molecule has 3 aromatic carbocycles. The number of nitrogens with one attached hydrogen (secondary N) is 1. The van der Waals surface area contributed by atoms with Crippen LogP contribution in [0.4, 0.5) is 11.4 Å². The highest BCUT2D eigenvalue weighted by atomic mass is 35.5. The molecule has 5 aromatic rings. The van der Waals surface area contributed by atoms with Crippen molar-refractivity contribution < 1.29 is 14.5 Å². The average Bonchev–Trinajstić information content (AvgIpc) is 3.56. The van der Waals surface area contributed by atoms with Crippen LogP contribution in [0.15, 0.2) is 66.7 Å². The lowest BCUT2D eigenvalue weighted by atomic mass is 9.74. The molecule has 0 saturated carbocycles. The Morgan fingerprint density at radius 3 is 2.55 bits per heavy atom. The van der Waals surface area contributed by atoms with Crippen molar-refractivity contribution in [2.75, 3.05) is 24.5 Å². The Labute approximate surface area is 245 Å². The van der Waals surface area contributed by atoms with E-state index in [-0.39, 0.29) is 28.7 Å². The van der Waals surface area contributed by atoms with Gasteiger partial charge < -0.3 is 14.8 Å². The number of nitro groups is 1. The smallest absolute Gasteiger partial charge is 0.294 e. The Kier molecular flexibility index (Phi) is 5.98. The summed E-state index contributed by atoms with van der Waals surface area (Å²) in [4.78, 5) is 53.5. The van der Waals surface area contributed by atoms with E-state index in [2.05, 4.69) is 21.0 Å². The Bertz CT molecular complexity index is 1950. The predicted molar refractivity (Wildman–Crippen MR) is 159 cm³/mol. The maximum Gasteiger partial charge on any atom is 0.294 e. The van der Waals surface area contributed by atoms with E-state index in [1.165, 1.54) is 18.2 Å². The predicted octanol–water partition coefficient (Wildman–Crippen LogP) is 5.82. The Hall–Kier alpha value is -4.83. The number of aryl methyl sites for hydroxylation is 1. The van der Waals surface area contributed by atoms with Crippen LogP contribution in [0.5, 0.6) is 0 Å². The van der Waals surface area contributed by atoms with Gasteiger partial charge in [0.1, 0.15) is 0 Å². The van der Waals surface area contributed by atoms with Crippen molar-refractivity contribution in [3.63, 3.8) is 0 Å². The first-order valence-corrected chi connectivity index (χ1v) is 14.0. The number of benzene rings is 3. The molecule has 1 fully saturated rings. The van der Waals surface area contributed by atoms with E-state index in [0.717, 1.165) is 22.3 Å². The number of carbonyl (C=O) groups is 2. The second-order valence-corrected chi connectivity index (χ2v) is 11.4. The van der Waals surface area contributed by atoms with Gasteiger partial charge in [0.25, 0.3) is 17.5 Å². The number of non-ortho nitro benzene ring substituents is 1. The molecular weight excluding hydrogens is 556 g/mol. The number of nitro benzene ring substituents is 1. The summed E-state index contributed by atoms with van der Waals surface area (Å²) in [6.45, 7) is 3.42. The lowest BCUT2D eigenvalue weighted by Gasteiger charge is -2.40. The third-order valence-electron chi connectivity index (χ3n) is 8.49. The van der Waals surface area contributed by atoms with E-state index in [4.69, 9.17) is 11.6 Å². The van der Waals surface area contributed by atoms with E-state index < -0.39 is 4.92 Å². The largest absolute Gasteiger partial charge is 0.339 e. The summed E-state index contributed by atoms with van der Waals surface area (Å²) in [5.74, 6) is -0.221. The van der Waals surface area contributed by atoms with Crippen molar-refractivity contribution in [2.24, 2.45) is 0 Å². The van der Waals surface area contributed by atoms with Crippen LogP contribution in [0.25, 0.3) is 21.9 Å². The molecule has 11 heteroatoms. The second kappa shape index (κ2) is 9.63. The molecule has 0 radical (unpaired) electrons. The number of halogens is 1. The average molecular weight is 581 g/mol. The number of carbonyl (C=O) groups excluding carboxylic acids is 2. The van der Waals surface area contributed by atoms with Crippen LogP contribution in [0.1, 0.15) is 45.1 Å². The zero-order chi connectivity index (χ0) is 29.2. The zero-order valence-corrected chi connectivity index (χ0v) is 23.4. The molecule has 2 aliphatic rings. The summed E-state index contributed by atoms with van der Waals surface area (Å²) >= 11 is 6.37. The first kappa shape index (κ1) is 26.1. The Morgan fingerprint density at radius 2 is 1.76 bits per heavy atom. The first-order chi connectivity index (χ1) is 20.2. The highest BCUT2D eigenvalue weighted by Gasteiger charge is 2.47. The third-order valence-corrected chi connectivity index (χ3v) is 8.81. The van der Waals surface area contributed by atoms with Gasteiger partial charge >= 0.3 is 0 Å².